The highest BCUT2D eigenvalue weighted by atomic mass is 35.5. The summed E-state index contributed by atoms with van der Waals surface area (Å²) in [5.74, 6) is 0.329. The number of sulfone groups is 1. The molecule has 0 amide bonds. The number of nitrogen functional groups attached to an aromatic ring is 1. The molecule has 3 rings (SSSR count). The van der Waals surface area contributed by atoms with Gasteiger partial charge in [-0.05, 0) is 31.4 Å². The lowest BCUT2D eigenvalue weighted by atomic mass is 10.4. The van der Waals surface area contributed by atoms with Crippen molar-refractivity contribution in [3.05, 3.63) is 41.0 Å². The molecule has 0 aliphatic rings. The molecule has 0 aliphatic carbocycles. The smallest absolute Gasteiger partial charge is 0.213 e. The van der Waals surface area contributed by atoms with Gasteiger partial charge in [0, 0.05) is 16.8 Å². The fourth-order valence-electron chi connectivity index (χ4n) is 2.25. The molecule has 0 saturated carbocycles. The number of nitrogens with two attached hydrogens (primary N) is 1. The van der Waals surface area contributed by atoms with Gasteiger partial charge in [-0.25, -0.2) is 13.4 Å². The van der Waals surface area contributed by atoms with E-state index >= 15 is 0 Å². The first-order chi connectivity index (χ1) is 10.8. The van der Waals surface area contributed by atoms with Gasteiger partial charge < -0.3 is 5.73 Å². The van der Waals surface area contributed by atoms with Gasteiger partial charge in [0.1, 0.15) is 10.8 Å². The number of aryl methyl sites for hydroxylation is 1. The molecule has 6 nitrogen and oxygen atoms in total. The van der Waals surface area contributed by atoms with Crippen molar-refractivity contribution in [2.45, 2.75) is 21.7 Å². The molecule has 120 valence electrons. The van der Waals surface area contributed by atoms with Gasteiger partial charge in [-0.3, -0.25) is 0 Å². The number of hydrogen-bond donors (Lipinski definition) is 1. The summed E-state index contributed by atoms with van der Waals surface area (Å²) in [6.07, 6.45) is 1.75. The van der Waals surface area contributed by atoms with Crippen molar-refractivity contribution in [2.24, 2.45) is 0 Å². The van der Waals surface area contributed by atoms with E-state index in [0.29, 0.717) is 21.6 Å². The fraction of sp³-hybridized carbons (Fsp3) is 0.143. The van der Waals surface area contributed by atoms with Crippen LogP contribution >= 0.6 is 23.4 Å². The number of aromatic nitrogens is 3. The van der Waals surface area contributed by atoms with Crippen molar-refractivity contribution in [1.82, 2.24) is 14.6 Å². The van der Waals surface area contributed by atoms with E-state index in [0.717, 1.165) is 0 Å². The van der Waals surface area contributed by atoms with Crippen LogP contribution in [0.5, 0.6) is 0 Å². The van der Waals surface area contributed by atoms with Crippen LogP contribution in [0, 0.1) is 6.92 Å². The lowest BCUT2D eigenvalue weighted by Crippen LogP contribution is -2.05. The summed E-state index contributed by atoms with van der Waals surface area (Å²) in [5, 5.41) is 4.95. The van der Waals surface area contributed by atoms with Gasteiger partial charge >= 0.3 is 0 Å². The second-order valence-electron chi connectivity index (χ2n) is 4.86. The lowest BCUT2D eigenvalue weighted by Gasteiger charge is -2.05. The molecule has 1 aromatic carbocycles. The first-order valence-corrected chi connectivity index (χ1v) is 9.63. The lowest BCUT2D eigenvalue weighted by molar-refractivity contribution is 0.594. The summed E-state index contributed by atoms with van der Waals surface area (Å²) in [6, 6.07) is 7.75. The number of thioether (sulfide) groups is 1. The SMILES string of the molecule is CSc1nn2c(N)cc(C)nc2c1S(=O)(=O)c1cccc(Cl)c1. The van der Waals surface area contributed by atoms with Crippen LogP contribution in [-0.4, -0.2) is 29.3 Å². The van der Waals surface area contributed by atoms with Gasteiger partial charge in [0.05, 0.1) is 4.90 Å². The Kier molecular flexibility index (Phi) is 3.99. The zero-order valence-electron chi connectivity index (χ0n) is 12.3. The van der Waals surface area contributed by atoms with Crippen molar-refractivity contribution in [3.8, 4) is 0 Å². The summed E-state index contributed by atoms with van der Waals surface area (Å²) in [7, 11) is -3.83. The van der Waals surface area contributed by atoms with Crippen LogP contribution < -0.4 is 5.73 Å². The summed E-state index contributed by atoms with van der Waals surface area (Å²) in [5.41, 5.74) is 6.77. The molecule has 23 heavy (non-hydrogen) atoms. The number of halogens is 1. The maximum Gasteiger partial charge on any atom is 0.213 e. The van der Waals surface area contributed by atoms with Crippen molar-refractivity contribution in [1.29, 1.82) is 0 Å². The van der Waals surface area contributed by atoms with Gasteiger partial charge in [0.25, 0.3) is 0 Å². The Morgan fingerprint density at radius 3 is 2.70 bits per heavy atom. The van der Waals surface area contributed by atoms with E-state index in [9.17, 15) is 8.42 Å². The van der Waals surface area contributed by atoms with Crippen LogP contribution in [0.15, 0.2) is 45.1 Å². The third-order valence-electron chi connectivity index (χ3n) is 3.24. The second-order valence-corrected chi connectivity index (χ2v) is 7.97. The zero-order chi connectivity index (χ0) is 16.8. The first kappa shape index (κ1) is 16.1. The Labute approximate surface area is 142 Å². The number of nitrogens with zero attached hydrogens (tertiary/aromatic N) is 3. The molecule has 0 spiro atoms. The summed E-state index contributed by atoms with van der Waals surface area (Å²) in [6.45, 7) is 1.75. The third-order valence-corrected chi connectivity index (χ3v) is 6.07. The van der Waals surface area contributed by atoms with Gasteiger partial charge in [-0.15, -0.1) is 11.8 Å². The van der Waals surface area contributed by atoms with Crippen molar-refractivity contribution < 1.29 is 8.42 Å². The normalized spacial score (nSPS) is 12.0. The molecule has 0 bridgehead atoms. The monoisotopic (exact) mass is 368 g/mol. The van der Waals surface area contributed by atoms with Crippen LogP contribution in [0.4, 0.5) is 5.82 Å². The van der Waals surface area contributed by atoms with Gasteiger partial charge in [0.2, 0.25) is 9.84 Å². The summed E-state index contributed by atoms with van der Waals surface area (Å²) < 4.78 is 27.5. The Morgan fingerprint density at radius 1 is 1.30 bits per heavy atom. The minimum atomic E-state index is -3.83. The molecule has 0 saturated heterocycles. The standard InChI is InChI=1S/C14H13ClN4O2S2/c1-8-6-11(16)19-13(17-8)12(14(18-19)22-2)23(20,21)10-5-3-4-9(15)7-10/h3-7H,16H2,1-2H3. The van der Waals surface area contributed by atoms with E-state index in [1.54, 1.807) is 31.4 Å². The van der Waals surface area contributed by atoms with Crippen molar-refractivity contribution in [3.63, 3.8) is 0 Å². The minimum absolute atomic E-state index is 0.0441. The quantitative estimate of drug-likeness (QED) is 0.715. The molecule has 3 aromatic rings. The molecule has 0 aliphatic heterocycles. The third kappa shape index (κ3) is 2.66. The highest BCUT2D eigenvalue weighted by molar-refractivity contribution is 7.99. The Bertz CT molecular complexity index is 1020. The molecule has 2 aromatic heterocycles. The summed E-state index contributed by atoms with van der Waals surface area (Å²) >= 11 is 7.15. The van der Waals surface area contributed by atoms with Crippen LogP contribution in [0.2, 0.25) is 5.02 Å². The largest absolute Gasteiger partial charge is 0.384 e. The van der Waals surface area contributed by atoms with Crippen molar-refractivity contribution >= 4 is 44.7 Å². The molecule has 0 atom stereocenters. The maximum absolute atomic E-state index is 13.1. The molecule has 2 N–H and O–H groups in total. The molecule has 0 unspecified atom stereocenters. The van der Waals surface area contributed by atoms with Gasteiger partial charge in [-0.1, -0.05) is 17.7 Å². The number of anilines is 1. The minimum Gasteiger partial charge on any atom is -0.384 e. The first-order valence-electron chi connectivity index (χ1n) is 6.55. The average molecular weight is 369 g/mol. The number of hydrogen-bond acceptors (Lipinski definition) is 6. The highest BCUT2D eigenvalue weighted by Crippen LogP contribution is 2.33. The van der Waals surface area contributed by atoms with E-state index < -0.39 is 9.84 Å². The fourth-order valence-corrected chi connectivity index (χ4v) is 4.94. The predicted molar refractivity (Wildman–Crippen MR) is 90.8 cm³/mol. The Balaban J connectivity index is 2.39. The molecule has 9 heteroatoms. The molecular formula is C14H13ClN4O2S2. The van der Waals surface area contributed by atoms with Crippen LogP contribution in [0.25, 0.3) is 5.65 Å². The number of fused-ring (bicyclic) bond motifs is 1. The molecular weight excluding hydrogens is 356 g/mol. The number of benzene rings is 1. The molecule has 0 fully saturated rings. The van der Waals surface area contributed by atoms with E-state index in [2.05, 4.69) is 10.1 Å². The van der Waals surface area contributed by atoms with E-state index in [1.807, 2.05) is 0 Å². The zero-order valence-corrected chi connectivity index (χ0v) is 14.7. The van der Waals surface area contributed by atoms with Crippen LogP contribution in [0.1, 0.15) is 5.69 Å². The predicted octanol–water partition coefficient (Wildman–Crippen LogP) is 2.83. The maximum atomic E-state index is 13.1. The Morgan fingerprint density at radius 2 is 2.04 bits per heavy atom. The molecule has 2 heterocycles. The van der Waals surface area contributed by atoms with Crippen LogP contribution in [-0.2, 0) is 9.84 Å². The summed E-state index contributed by atoms with van der Waals surface area (Å²) in [4.78, 5) is 4.45. The average Bonchev–Trinajstić information content (AvgIpc) is 2.86. The topological polar surface area (TPSA) is 90.3 Å². The van der Waals surface area contributed by atoms with Crippen LogP contribution in [0.3, 0.4) is 0 Å². The van der Waals surface area contributed by atoms with E-state index in [4.69, 9.17) is 17.3 Å². The second kappa shape index (κ2) is 5.70. The van der Waals surface area contributed by atoms with Gasteiger partial charge in [-0.2, -0.15) is 9.61 Å². The Hall–Kier alpha value is -1.77. The molecule has 0 radical (unpaired) electrons. The van der Waals surface area contributed by atoms with E-state index in [-0.39, 0.29) is 15.4 Å². The highest BCUT2D eigenvalue weighted by Gasteiger charge is 2.29. The van der Waals surface area contributed by atoms with E-state index in [1.165, 1.54) is 28.4 Å². The number of rotatable bonds is 3. The van der Waals surface area contributed by atoms with Gasteiger partial charge in [0.15, 0.2) is 10.5 Å². The van der Waals surface area contributed by atoms with Crippen molar-refractivity contribution in [2.75, 3.05) is 12.0 Å².